The first-order chi connectivity index (χ1) is 14.5. The molecule has 0 radical (unpaired) electrons. The molecule has 3 N–H and O–H groups in total. The number of aromatic hydroxyl groups is 1. The lowest BCUT2D eigenvalue weighted by atomic mass is 10.1. The number of carbonyl (C=O) groups is 2. The molecule has 1 saturated carbocycles. The number of amides is 2. The fourth-order valence-electron chi connectivity index (χ4n) is 3.31. The summed E-state index contributed by atoms with van der Waals surface area (Å²) in [6.07, 6.45) is 1.71. The number of ether oxygens (including phenoxy) is 1. The van der Waals surface area contributed by atoms with Crippen LogP contribution in [0, 0.1) is 6.92 Å². The quantitative estimate of drug-likeness (QED) is 0.631. The van der Waals surface area contributed by atoms with Crippen molar-refractivity contribution < 1.29 is 27.9 Å². The number of nitrogens with two attached hydrogens (primary N) is 1. The number of aryl methyl sites for hydroxylation is 1. The van der Waals surface area contributed by atoms with Crippen molar-refractivity contribution in [3.05, 3.63) is 59.2 Å². The summed E-state index contributed by atoms with van der Waals surface area (Å²) in [6, 6.07) is 10.3. The van der Waals surface area contributed by atoms with E-state index in [0.29, 0.717) is 15.6 Å². The van der Waals surface area contributed by atoms with Crippen molar-refractivity contribution in [2.45, 2.75) is 37.1 Å². The van der Waals surface area contributed by atoms with E-state index in [0.717, 1.165) is 5.56 Å². The summed E-state index contributed by atoms with van der Waals surface area (Å²) in [6.45, 7) is 3.24. The Kier molecular flexibility index (Phi) is 5.82. The molecule has 2 aromatic carbocycles. The molecule has 2 aromatic rings. The SMILES string of the molecule is COc1ccc(O)cc1/C=C(\C)C(=O)N(C1(C(N)=O)CC1)S(=O)(=O)c1ccc(C)cc1. The molecule has 8 nitrogen and oxygen atoms in total. The van der Waals surface area contributed by atoms with Crippen molar-refractivity contribution in [2.75, 3.05) is 7.11 Å². The topological polar surface area (TPSA) is 127 Å². The van der Waals surface area contributed by atoms with Crippen LogP contribution in [0.5, 0.6) is 11.5 Å². The van der Waals surface area contributed by atoms with Crippen molar-refractivity contribution in [1.29, 1.82) is 0 Å². The minimum Gasteiger partial charge on any atom is -0.508 e. The Balaban J connectivity index is 2.11. The molecule has 0 saturated heterocycles. The highest BCUT2D eigenvalue weighted by Crippen LogP contribution is 2.45. The number of rotatable bonds is 7. The van der Waals surface area contributed by atoms with Gasteiger partial charge in [0.2, 0.25) is 5.91 Å². The minimum atomic E-state index is -4.36. The van der Waals surface area contributed by atoms with Crippen molar-refractivity contribution in [3.8, 4) is 11.5 Å². The molecule has 0 bridgehead atoms. The number of sulfonamides is 1. The van der Waals surface area contributed by atoms with E-state index in [9.17, 15) is 23.1 Å². The van der Waals surface area contributed by atoms with Gasteiger partial charge in [0.1, 0.15) is 17.0 Å². The molecule has 31 heavy (non-hydrogen) atoms. The van der Waals surface area contributed by atoms with E-state index in [4.69, 9.17) is 10.5 Å². The second-order valence-electron chi connectivity index (χ2n) is 7.54. The molecule has 1 fully saturated rings. The molecule has 0 spiro atoms. The molecular formula is C22H24N2O6S. The van der Waals surface area contributed by atoms with Crippen LogP contribution in [0.3, 0.4) is 0 Å². The fourth-order valence-corrected chi connectivity index (χ4v) is 5.09. The lowest BCUT2D eigenvalue weighted by Gasteiger charge is -2.29. The van der Waals surface area contributed by atoms with Crippen LogP contribution in [-0.4, -0.2) is 42.3 Å². The molecule has 1 aliphatic carbocycles. The maximum absolute atomic E-state index is 13.4. The van der Waals surface area contributed by atoms with Gasteiger partial charge in [-0.2, -0.15) is 0 Å². The summed E-state index contributed by atoms with van der Waals surface area (Å²) < 4.78 is 32.7. The number of hydrogen-bond acceptors (Lipinski definition) is 6. The molecule has 0 aliphatic heterocycles. The second-order valence-corrected chi connectivity index (χ2v) is 9.32. The fraction of sp³-hybridized carbons (Fsp3) is 0.273. The van der Waals surface area contributed by atoms with Crippen LogP contribution in [0.2, 0.25) is 0 Å². The Bertz CT molecular complexity index is 1160. The number of primary amides is 1. The zero-order chi connectivity index (χ0) is 23.0. The van der Waals surface area contributed by atoms with E-state index < -0.39 is 27.4 Å². The lowest BCUT2D eigenvalue weighted by molar-refractivity contribution is -0.132. The van der Waals surface area contributed by atoms with Crippen LogP contribution < -0.4 is 10.5 Å². The second kappa shape index (κ2) is 8.07. The Labute approximate surface area is 181 Å². The summed E-state index contributed by atoms with van der Waals surface area (Å²) in [7, 11) is -2.93. The molecule has 9 heteroatoms. The molecule has 0 heterocycles. The third-order valence-electron chi connectivity index (χ3n) is 5.24. The first-order valence-corrected chi connectivity index (χ1v) is 11.0. The van der Waals surface area contributed by atoms with E-state index in [-0.39, 0.29) is 29.1 Å². The summed E-state index contributed by atoms with van der Waals surface area (Å²) in [5.41, 5.74) is 5.18. The zero-order valence-electron chi connectivity index (χ0n) is 17.5. The van der Waals surface area contributed by atoms with Crippen molar-refractivity contribution in [3.63, 3.8) is 0 Å². The first-order valence-electron chi connectivity index (χ1n) is 9.54. The summed E-state index contributed by atoms with van der Waals surface area (Å²) >= 11 is 0. The lowest BCUT2D eigenvalue weighted by Crippen LogP contribution is -2.53. The number of methoxy groups -OCH3 is 1. The standard InChI is InChI=1S/C22H24N2O6S/c1-14-4-7-18(8-5-14)31(28,29)24(22(10-11-22)21(23)27)20(26)15(2)12-16-13-17(25)6-9-19(16)30-3/h4-9,12-13,25H,10-11H2,1-3H3,(H2,23,27)/b15-12+. The number of benzene rings is 2. The van der Waals surface area contributed by atoms with E-state index in [1.165, 1.54) is 50.4 Å². The van der Waals surface area contributed by atoms with E-state index in [2.05, 4.69) is 0 Å². The normalized spacial score (nSPS) is 15.3. The van der Waals surface area contributed by atoms with Crippen molar-refractivity contribution in [2.24, 2.45) is 5.73 Å². The van der Waals surface area contributed by atoms with Gasteiger partial charge in [0.25, 0.3) is 15.9 Å². The minimum absolute atomic E-state index is 0.0344. The number of phenolic OH excluding ortho intramolecular Hbond substituents is 1. The van der Waals surface area contributed by atoms with Crippen molar-refractivity contribution in [1.82, 2.24) is 4.31 Å². The molecule has 0 atom stereocenters. The van der Waals surface area contributed by atoms with E-state index in [1.54, 1.807) is 19.1 Å². The van der Waals surface area contributed by atoms with Crippen LogP contribution in [-0.2, 0) is 19.6 Å². The average molecular weight is 445 g/mol. The van der Waals surface area contributed by atoms with Gasteiger partial charge in [-0.1, -0.05) is 17.7 Å². The Morgan fingerprint density at radius 2 is 1.77 bits per heavy atom. The summed E-state index contributed by atoms with van der Waals surface area (Å²) in [5.74, 6) is -1.41. The van der Waals surface area contributed by atoms with Gasteiger partial charge < -0.3 is 15.6 Å². The van der Waals surface area contributed by atoms with Crippen LogP contribution in [0.25, 0.3) is 6.08 Å². The van der Waals surface area contributed by atoms with Gasteiger partial charge in [0.15, 0.2) is 0 Å². The predicted molar refractivity (Wildman–Crippen MR) is 115 cm³/mol. The predicted octanol–water partition coefficient (Wildman–Crippen LogP) is 2.35. The largest absolute Gasteiger partial charge is 0.508 e. The molecule has 0 aromatic heterocycles. The Hall–Kier alpha value is -3.33. The van der Waals surface area contributed by atoms with E-state index >= 15 is 0 Å². The third kappa shape index (κ3) is 4.13. The molecule has 164 valence electrons. The highest BCUT2D eigenvalue weighted by Gasteiger charge is 2.60. The van der Waals surface area contributed by atoms with Crippen LogP contribution in [0.1, 0.15) is 30.9 Å². The molecule has 2 amide bonds. The van der Waals surface area contributed by atoms with Crippen molar-refractivity contribution >= 4 is 27.9 Å². The van der Waals surface area contributed by atoms with E-state index in [1.807, 2.05) is 0 Å². The Morgan fingerprint density at radius 3 is 2.29 bits per heavy atom. The molecule has 0 unspecified atom stereocenters. The van der Waals surface area contributed by atoms with Gasteiger partial charge in [-0.15, -0.1) is 0 Å². The van der Waals surface area contributed by atoms with Gasteiger partial charge in [-0.05, 0) is 63.1 Å². The summed E-state index contributed by atoms with van der Waals surface area (Å²) in [5, 5.41) is 9.77. The average Bonchev–Trinajstić information content (AvgIpc) is 3.50. The number of carbonyl (C=O) groups excluding carboxylic acids is 2. The zero-order valence-corrected chi connectivity index (χ0v) is 18.3. The monoisotopic (exact) mass is 444 g/mol. The number of nitrogens with zero attached hydrogens (tertiary/aromatic N) is 1. The highest BCUT2D eigenvalue weighted by atomic mass is 32.2. The summed E-state index contributed by atoms with van der Waals surface area (Å²) in [4.78, 5) is 25.4. The maximum atomic E-state index is 13.4. The van der Waals surface area contributed by atoms with Gasteiger partial charge in [-0.25, -0.2) is 12.7 Å². The van der Waals surface area contributed by atoms with Crippen LogP contribution >= 0.6 is 0 Å². The third-order valence-corrected chi connectivity index (χ3v) is 7.10. The van der Waals surface area contributed by atoms with Gasteiger partial charge in [-0.3, -0.25) is 9.59 Å². The van der Waals surface area contributed by atoms with Crippen LogP contribution in [0.4, 0.5) is 0 Å². The smallest absolute Gasteiger partial charge is 0.267 e. The maximum Gasteiger partial charge on any atom is 0.267 e. The molecule has 3 rings (SSSR count). The highest BCUT2D eigenvalue weighted by molar-refractivity contribution is 7.89. The molecule has 1 aliphatic rings. The number of phenols is 1. The Morgan fingerprint density at radius 1 is 1.16 bits per heavy atom. The van der Waals surface area contributed by atoms with Gasteiger partial charge >= 0.3 is 0 Å². The first kappa shape index (κ1) is 22.4. The number of hydrogen-bond donors (Lipinski definition) is 2. The van der Waals surface area contributed by atoms with Gasteiger partial charge in [0.05, 0.1) is 12.0 Å². The van der Waals surface area contributed by atoms with Gasteiger partial charge in [0, 0.05) is 11.1 Å². The molecular weight excluding hydrogens is 420 g/mol. The van der Waals surface area contributed by atoms with Crippen LogP contribution in [0.15, 0.2) is 52.9 Å².